The van der Waals surface area contributed by atoms with E-state index in [1.165, 1.54) is 18.6 Å². The van der Waals surface area contributed by atoms with E-state index in [0.29, 0.717) is 37.3 Å². The van der Waals surface area contributed by atoms with Crippen LogP contribution in [0.25, 0.3) is 11.1 Å². The van der Waals surface area contributed by atoms with E-state index in [0.717, 1.165) is 21.4 Å². The normalized spacial score (nSPS) is 15.2. The van der Waals surface area contributed by atoms with E-state index in [-0.39, 0.29) is 5.92 Å². The molecule has 1 aliphatic heterocycles. The number of pyridine rings is 1. The van der Waals surface area contributed by atoms with Crippen molar-refractivity contribution in [1.29, 1.82) is 5.26 Å². The van der Waals surface area contributed by atoms with E-state index in [1.54, 1.807) is 18.2 Å². The topological polar surface area (TPSA) is 111 Å². The van der Waals surface area contributed by atoms with Crippen molar-refractivity contribution in [2.75, 3.05) is 18.0 Å². The maximum absolute atomic E-state index is 13.3. The van der Waals surface area contributed by atoms with Crippen LogP contribution in [0.4, 0.5) is 10.1 Å². The van der Waals surface area contributed by atoms with Gasteiger partial charge in [0.05, 0.1) is 11.3 Å². The summed E-state index contributed by atoms with van der Waals surface area (Å²) in [5.41, 5.74) is 2.81. The van der Waals surface area contributed by atoms with Crippen molar-refractivity contribution >= 4 is 13.5 Å². The Labute approximate surface area is 173 Å². The van der Waals surface area contributed by atoms with Crippen molar-refractivity contribution in [1.82, 2.24) is 19.7 Å². The van der Waals surface area contributed by atoms with Gasteiger partial charge in [-0.25, -0.2) is 4.98 Å². The van der Waals surface area contributed by atoms with Gasteiger partial charge >= 0.3 is 0 Å². The molecule has 2 N–H and O–H groups in total. The molecule has 3 aromatic rings. The van der Waals surface area contributed by atoms with Gasteiger partial charge < -0.3 is 15.1 Å². The van der Waals surface area contributed by atoms with Gasteiger partial charge in [-0.05, 0) is 31.0 Å². The highest BCUT2D eigenvalue weighted by molar-refractivity contribution is 6.11. The molecular weight excluding hydrogens is 386 g/mol. The first-order valence-electron chi connectivity index (χ1n) is 9.42. The minimum Gasteiger partial charge on any atom is -0.370 e. The summed E-state index contributed by atoms with van der Waals surface area (Å²) in [4.78, 5) is 5.83. The number of halogens is 1. The minimum atomic E-state index is -2.56. The van der Waals surface area contributed by atoms with Crippen molar-refractivity contribution in [3.05, 3.63) is 60.2 Å². The molecular formula is C20H18BFN6O2. The predicted octanol–water partition coefficient (Wildman–Crippen LogP) is 1.46. The number of hydrogen-bond donors (Lipinski definition) is 2. The molecule has 2 radical (unpaired) electrons. The molecule has 0 unspecified atom stereocenters. The summed E-state index contributed by atoms with van der Waals surface area (Å²) in [5.74, 6) is -2.80. The van der Waals surface area contributed by atoms with Crippen LogP contribution in [0.5, 0.6) is 0 Å². The Morgan fingerprint density at radius 1 is 1.20 bits per heavy atom. The van der Waals surface area contributed by atoms with Crippen LogP contribution in [0.3, 0.4) is 0 Å². The van der Waals surface area contributed by atoms with Gasteiger partial charge in [-0.1, -0.05) is 12.1 Å². The summed E-state index contributed by atoms with van der Waals surface area (Å²) in [5, 5.41) is 36.8. The number of piperidine rings is 1. The molecule has 0 bridgehead atoms. The van der Waals surface area contributed by atoms with Crippen LogP contribution in [-0.2, 0) is 5.81 Å². The average Bonchev–Trinajstić information content (AvgIpc) is 3.24. The lowest BCUT2D eigenvalue weighted by Crippen LogP contribution is -2.38. The summed E-state index contributed by atoms with van der Waals surface area (Å²) in [7, 11) is 5.37. The Kier molecular flexibility index (Phi) is 5.24. The molecule has 10 heteroatoms. The number of aliphatic hydroxyl groups is 2. The highest BCUT2D eigenvalue weighted by Crippen LogP contribution is 2.37. The third-order valence-electron chi connectivity index (χ3n) is 5.30. The fourth-order valence-corrected chi connectivity index (χ4v) is 3.88. The number of benzene rings is 1. The minimum absolute atomic E-state index is 0.0730. The van der Waals surface area contributed by atoms with Crippen molar-refractivity contribution in [3.63, 3.8) is 0 Å². The van der Waals surface area contributed by atoms with Crippen molar-refractivity contribution < 1.29 is 14.6 Å². The molecule has 0 atom stereocenters. The molecule has 2 aromatic heterocycles. The summed E-state index contributed by atoms with van der Waals surface area (Å²) >= 11 is 0. The average molecular weight is 404 g/mol. The van der Waals surface area contributed by atoms with Crippen LogP contribution in [0.15, 0.2) is 42.9 Å². The second kappa shape index (κ2) is 7.86. The lowest BCUT2D eigenvalue weighted by Gasteiger charge is -2.35. The Hall–Kier alpha value is -3.29. The molecule has 30 heavy (non-hydrogen) atoms. The first kappa shape index (κ1) is 20.0. The number of rotatable bonds is 4. The molecule has 8 nitrogen and oxygen atoms in total. The summed E-state index contributed by atoms with van der Waals surface area (Å²) in [6.45, 7) is 1.21. The maximum atomic E-state index is 13.3. The van der Waals surface area contributed by atoms with Crippen molar-refractivity contribution in [2.45, 2.75) is 24.6 Å². The Morgan fingerprint density at radius 2 is 1.97 bits per heavy atom. The lowest BCUT2D eigenvalue weighted by atomic mass is 9.92. The zero-order valence-electron chi connectivity index (χ0n) is 16.0. The van der Waals surface area contributed by atoms with Crippen molar-refractivity contribution in [2.24, 2.45) is 0 Å². The van der Waals surface area contributed by atoms with E-state index in [2.05, 4.69) is 26.2 Å². The van der Waals surface area contributed by atoms with Crippen LogP contribution < -0.4 is 4.90 Å². The summed E-state index contributed by atoms with van der Waals surface area (Å²) in [6.07, 6.45) is 3.94. The van der Waals surface area contributed by atoms with Crippen LogP contribution in [-0.4, -0.2) is 50.9 Å². The second-order valence-corrected chi connectivity index (χ2v) is 7.19. The third kappa shape index (κ3) is 3.77. The van der Waals surface area contributed by atoms with E-state index >= 15 is 0 Å². The molecule has 1 fully saturated rings. The van der Waals surface area contributed by atoms with Gasteiger partial charge in [-0.15, -0.1) is 10.2 Å². The van der Waals surface area contributed by atoms with Gasteiger partial charge in [0.2, 0.25) is 5.95 Å². The molecule has 4 rings (SSSR count). The highest BCUT2D eigenvalue weighted by atomic mass is 19.1. The van der Waals surface area contributed by atoms with Gasteiger partial charge in [0.25, 0.3) is 0 Å². The molecule has 0 aliphatic carbocycles. The number of nitriles is 1. The van der Waals surface area contributed by atoms with Crippen molar-refractivity contribution in [3.8, 4) is 17.2 Å². The standard InChI is InChI=1S/C20H18BFN6O2/c21-20(29,30)28-12-25-26-19(28)13-6-8-27(9-7-13)18-14(10-23)2-1-3-16(18)15-4-5-17(22)24-11-15/h1-5,11-13,29-30H,6-9H2. The zero-order valence-corrected chi connectivity index (χ0v) is 16.0. The lowest BCUT2D eigenvalue weighted by molar-refractivity contribution is -0.154. The fraction of sp³-hybridized carbons (Fsp3) is 0.300. The van der Waals surface area contributed by atoms with E-state index in [1.807, 2.05) is 6.07 Å². The number of nitrogens with zero attached hydrogens (tertiary/aromatic N) is 6. The van der Waals surface area contributed by atoms with Gasteiger partial charge in [-0.2, -0.15) is 9.65 Å². The molecule has 1 aromatic carbocycles. The largest absolute Gasteiger partial charge is 0.370 e. The van der Waals surface area contributed by atoms with Crippen LogP contribution in [0.1, 0.15) is 30.1 Å². The van der Waals surface area contributed by atoms with Gasteiger partial charge in [0.1, 0.15) is 18.2 Å². The highest BCUT2D eigenvalue weighted by Gasteiger charge is 2.30. The van der Waals surface area contributed by atoms with Crippen LogP contribution in [0, 0.1) is 17.3 Å². The molecule has 0 amide bonds. The Balaban J connectivity index is 1.62. The molecule has 0 saturated carbocycles. The number of para-hydroxylation sites is 1. The van der Waals surface area contributed by atoms with Gasteiger partial charge in [0, 0.05) is 36.3 Å². The van der Waals surface area contributed by atoms with Crippen LogP contribution in [0.2, 0.25) is 0 Å². The monoisotopic (exact) mass is 404 g/mol. The molecule has 1 aliphatic rings. The van der Waals surface area contributed by atoms with E-state index < -0.39 is 11.8 Å². The molecule has 1 saturated heterocycles. The summed E-state index contributed by atoms with van der Waals surface area (Å²) in [6, 6.07) is 10.6. The smallest absolute Gasteiger partial charge is 0.212 e. The van der Waals surface area contributed by atoms with Gasteiger partial charge in [0.15, 0.2) is 13.7 Å². The zero-order chi connectivity index (χ0) is 21.3. The summed E-state index contributed by atoms with van der Waals surface area (Å²) < 4.78 is 14.3. The Bertz CT molecular complexity index is 1080. The molecule has 0 spiro atoms. The molecule has 3 heterocycles. The number of aromatic nitrogens is 4. The predicted molar refractivity (Wildman–Crippen MR) is 107 cm³/mol. The second-order valence-electron chi connectivity index (χ2n) is 7.19. The number of anilines is 1. The maximum Gasteiger partial charge on any atom is 0.212 e. The first-order valence-corrected chi connectivity index (χ1v) is 9.42. The third-order valence-corrected chi connectivity index (χ3v) is 5.30. The van der Waals surface area contributed by atoms with Crippen LogP contribution >= 0.6 is 0 Å². The van der Waals surface area contributed by atoms with E-state index in [4.69, 9.17) is 7.85 Å². The Morgan fingerprint density at radius 3 is 2.60 bits per heavy atom. The SMILES string of the molecule is [B]C(O)(O)n1cnnc1C1CCN(c2c(C#N)cccc2-c2ccc(F)nc2)CC1. The molecule has 150 valence electrons. The fourth-order valence-electron chi connectivity index (χ4n) is 3.88. The number of hydrogen-bond acceptors (Lipinski definition) is 7. The van der Waals surface area contributed by atoms with Gasteiger partial charge in [-0.3, -0.25) is 4.57 Å². The van der Waals surface area contributed by atoms with E-state index in [9.17, 15) is 19.9 Å². The first-order chi connectivity index (χ1) is 14.4. The quantitative estimate of drug-likeness (QED) is 0.385.